The zero-order chi connectivity index (χ0) is 18.5. The third kappa shape index (κ3) is 4.20. The molecule has 1 amide bonds. The molecule has 7 heteroatoms. The van der Waals surface area contributed by atoms with Crippen LogP contribution in [0.1, 0.15) is 48.2 Å². The molecule has 1 fully saturated rings. The van der Waals surface area contributed by atoms with Crippen molar-refractivity contribution in [3.8, 4) is 0 Å². The van der Waals surface area contributed by atoms with E-state index >= 15 is 0 Å². The zero-order valence-electron chi connectivity index (χ0n) is 14.4. The monoisotopic (exact) mass is 379 g/mol. The number of carbonyl (C=O) groups is 2. The van der Waals surface area contributed by atoms with Gasteiger partial charge in [0.2, 0.25) is 0 Å². The van der Waals surface area contributed by atoms with Crippen molar-refractivity contribution in [2.24, 2.45) is 0 Å². The Morgan fingerprint density at radius 3 is 2.69 bits per heavy atom. The van der Waals surface area contributed by atoms with E-state index in [0.717, 1.165) is 10.9 Å². The standard InChI is InChI=1S/C19H22FNO4S/c20-10-15(19(23)24)21-18(22)17-14(11-26-12-6-2-1-3-7-12)13-8-4-5-9-16(13)25-17/h4-5,8-9,12,15H,1-3,6-7,10-11H2,(H,21,22)(H,23,24). The molecule has 1 aliphatic rings. The highest BCUT2D eigenvalue weighted by Gasteiger charge is 2.26. The number of furan rings is 1. The average Bonchev–Trinajstić information content (AvgIpc) is 3.03. The first kappa shape index (κ1) is 18.8. The minimum atomic E-state index is -1.57. The molecule has 140 valence electrons. The first-order valence-electron chi connectivity index (χ1n) is 8.81. The third-order valence-corrected chi connectivity index (χ3v) is 6.08. The second kappa shape index (κ2) is 8.58. The van der Waals surface area contributed by atoms with Crippen molar-refractivity contribution < 1.29 is 23.5 Å². The molecule has 0 aliphatic heterocycles. The Kier molecular flexibility index (Phi) is 6.19. The van der Waals surface area contributed by atoms with Crippen LogP contribution in [0.5, 0.6) is 0 Å². The molecule has 0 spiro atoms. The molecule has 1 atom stereocenters. The number of hydrogen-bond donors (Lipinski definition) is 2. The fraction of sp³-hybridized carbons (Fsp3) is 0.474. The van der Waals surface area contributed by atoms with Crippen molar-refractivity contribution in [1.29, 1.82) is 0 Å². The Labute approximate surface area is 155 Å². The van der Waals surface area contributed by atoms with Gasteiger partial charge in [0.25, 0.3) is 5.91 Å². The minimum Gasteiger partial charge on any atom is -0.480 e. The average molecular weight is 379 g/mol. The number of fused-ring (bicyclic) bond motifs is 1. The Hall–Kier alpha value is -2.02. The Morgan fingerprint density at radius 2 is 2.00 bits per heavy atom. The molecule has 26 heavy (non-hydrogen) atoms. The van der Waals surface area contributed by atoms with Crippen molar-refractivity contribution in [3.05, 3.63) is 35.6 Å². The van der Waals surface area contributed by atoms with Crippen LogP contribution < -0.4 is 5.32 Å². The van der Waals surface area contributed by atoms with Crippen molar-refractivity contribution in [3.63, 3.8) is 0 Å². The van der Waals surface area contributed by atoms with E-state index in [1.807, 2.05) is 18.2 Å². The van der Waals surface area contributed by atoms with Gasteiger partial charge in [-0.25, -0.2) is 9.18 Å². The number of carboxylic acids is 1. The van der Waals surface area contributed by atoms with Gasteiger partial charge in [0.05, 0.1) is 0 Å². The summed E-state index contributed by atoms with van der Waals surface area (Å²) in [4.78, 5) is 23.5. The van der Waals surface area contributed by atoms with E-state index < -0.39 is 24.6 Å². The van der Waals surface area contributed by atoms with E-state index in [4.69, 9.17) is 9.52 Å². The van der Waals surface area contributed by atoms with Gasteiger partial charge in [0, 0.05) is 22.0 Å². The summed E-state index contributed by atoms with van der Waals surface area (Å²) in [5.74, 6) is -1.41. The number of para-hydroxylation sites is 1. The van der Waals surface area contributed by atoms with Gasteiger partial charge in [-0.3, -0.25) is 4.79 Å². The molecule has 0 saturated heterocycles. The van der Waals surface area contributed by atoms with Crippen LogP contribution in [0.2, 0.25) is 0 Å². The quantitative estimate of drug-likeness (QED) is 0.755. The second-order valence-electron chi connectivity index (χ2n) is 6.50. The Bertz CT molecular complexity index is 785. The lowest BCUT2D eigenvalue weighted by molar-refractivity contribution is -0.139. The number of aliphatic carboxylic acids is 1. The molecule has 3 rings (SSSR count). The van der Waals surface area contributed by atoms with Gasteiger partial charge in [-0.1, -0.05) is 37.5 Å². The molecular weight excluding hydrogens is 357 g/mol. The molecule has 1 aromatic heterocycles. The molecule has 0 radical (unpaired) electrons. The van der Waals surface area contributed by atoms with Crippen LogP contribution in [-0.4, -0.2) is 34.9 Å². The number of nitrogens with one attached hydrogen (secondary N) is 1. The van der Waals surface area contributed by atoms with Crippen LogP contribution in [0, 0.1) is 0 Å². The predicted molar refractivity (Wildman–Crippen MR) is 99.2 cm³/mol. The van der Waals surface area contributed by atoms with Crippen molar-refractivity contribution in [1.82, 2.24) is 5.32 Å². The summed E-state index contributed by atoms with van der Waals surface area (Å²) in [6, 6.07) is 5.76. The molecule has 1 aromatic carbocycles. The number of amides is 1. The molecular formula is C19H22FNO4S. The first-order valence-corrected chi connectivity index (χ1v) is 9.86. The molecule has 2 N–H and O–H groups in total. The van der Waals surface area contributed by atoms with Crippen LogP contribution in [-0.2, 0) is 10.5 Å². The van der Waals surface area contributed by atoms with E-state index in [9.17, 15) is 14.0 Å². The van der Waals surface area contributed by atoms with Crippen molar-refractivity contribution in [2.45, 2.75) is 49.1 Å². The van der Waals surface area contributed by atoms with Crippen LogP contribution in [0.4, 0.5) is 4.39 Å². The molecule has 1 heterocycles. The molecule has 1 saturated carbocycles. The summed E-state index contributed by atoms with van der Waals surface area (Å²) in [6.07, 6.45) is 6.08. The molecule has 1 aliphatic carbocycles. The van der Waals surface area contributed by atoms with Gasteiger partial charge in [-0.05, 0) is 18.9 Å². The first-order chi connectivity index (χ1) is 12.6. The summed E-state index contributed by atoms with van der Waals surface area (Å²) in [7, 11) is 0. The number of rotatable bonds is 7. The van der Waals surface area contributed by atoms with Gasteiger partial charge in [-0.15, -0.1) is 0 Å². The number of thioether (sulfide) groups is 1. The molecule has 1 unspecified atom stereocenters. The highest BCUT2D eigenvalue weighted by Crippen LogP contribution is 2.35. The molecule has 0 bridgehead atoms. The lowest BCUT2D eigenvalue weighted by Crippen LogP contribution is -2.42. The summed E-state index contributed by atoms with van der Waals surface area (Å²) in [5, 5.41) is 12.6. The van der Waals surface area contributed by atoms with Gasteiger partial charge in [0.15, 0.2) is 11.8 Å². The fourth-order valence-corrected chi connectivity index (χ4v) is 4.60. The van der Waals surface area contributed by atoms with E-state index in [-0.39, 0.29) is 5.76 Å². The van der Waals surface area contributed by atoms with Gasteiger partial charge < -0.3 is 14.8 Å². The van der Waals surface area contributed by atoms with Crippen LogP contribution in [0.15, 0.2) is 28.7 Å². The third-order valence-electron chi connectivity index (χ3n) is 4.68. The van der Waals surface area contributed by atoms with Crippen LogP contribution >= 0.6 is 11.8 Å². The normalized spacial score (nSPS) is 16.5. The van der Waals surface area contributed by atoms with E-state index in [0.29, 0.717) is 16.6 Å². The maximum absolute atomic E-state index is 12.9. The number of carbonyl (C=O) groups excluding carboxylic acids is 1. The summed E-state index contributed by atoms with van der Waals surface area (Å²) in [6.45, 7) is -1.17. The zero-order valence-corrected chi connectivity index (χ0v) is 15.2. The molecule has 5 nitrogen and oxygen atoms in total. The number of halogens is 1. The number of hydrogen-bond acceptors (Lipinski definition) is 4. The SMILES string of the molecule is O=C(NC(CF)C(=O)O)c1oc2ccccc2c1CSC1CCCCC1. The van der Waals surface area contributed by atoms with Crippen LogP contribution in [0.25, 0.3) is 11.0 Å². The largest absolute Gasteiger partial charge is 0.480 e. The highest BCUT2D eigenvalue weighted by atomic mass is 32.2. The predicted octanol–water partition coefficient (Wildman–Crippen LogP) is 4.15. The summed E-state index contributed by atoms with van der Waals surface area (Å²) in [5.41, 5.74) is 1.32. The smallest absolute Gasteiger partial charge is 0.328 e. The lowest BCUT2D eigenvalue weighted by atomic mass is 10.0. The maximum atomic E-state index is 12.9. The lowest BCUT2D eigenvalue weighted by Gasteiger charge is -2.20. The summed E-state index contributed by atoms with van der Waals surface area (Å²) < 4.78 is 18.5. The van der Waals surface area contributed by atoms with E-state index in [1.165, 1.54) is 32.1 Å². The van der Waals surface area contributed by atoms with Gasteiger partial charge in [-0.2, -0.15) is 11.8 Å². The van der Waals surface area contributed by atoms with Crippen molar-refractivity contribution in [2.75, 3.05) is 6.67 Å². The minimum absolute atomic E-state index is 0.0780. The Balaban J connectivity index is 1.83. The number of alkyl halides is 1. The number of benzene rings is 1. The second-order valence-corrected chi connectivity index (χ2v) is 7.78. The summed E-state index contributed by atoms with van der Waals surface area (Å²) >= 11 is 1.80. The maximum Gasteiger partial charge on any atom is 0.328 e. The fourth-order valence-electron chi connectivity index (χ4n) is 3.25. The van der Waals surface area contributed by atoms with Crippen LogP contribution in [0.3, 0.4) is 0 Å². The van der Waals surface area contributed by atoms with E-state index in [2.05, 4.69) is 5.32 Å². The van der Waals surface area contributed by atoms with Gasteiger partial charge >= 0.3 is 5.97 Å². The van der Waals surface area contributed by atoms with E-state index in [1.54, 1.807) is 17.8 Å². The van der Waals surface area contributed by atoms with Gasteiger partial charge in [0.1, 0.15) is 12.3 Å². The molecule has 2 aromatic rings. The topological polar surface area (TPSA) is 79.5 Å². The highest BCUT2D eigenvalue weighted by molar-refractivity contribution is 7.99. The number of carboxylic acid groups (broad SMARTS) is 1. The van der Waals surface area contributed by atoms with Crippen molar-refractivity contribution >= 4 is 34.6 Å². The Morgan fingerprint density at radius 1 is 1.27 bits per heavy atom.